The maximum atomic E-state index is 12.6. The van der Waals surface area contributed by atoms with E-state index in [-0.39, 0.29) is 24.3 Å². The van der Waals surface area contributed by atoms with Crippen molar-refractivity contribution < 1.29 is 37.4 Å². The summed E-state index contributed by atoms with van der Waals surface area (Å²) in [5.74, 6) is -1.12. The molecular weight excluding hydrogens is 382 g/mol. The number of carbonyl (C=O) groups is 3. The minimum absolute atomic E-state index is 0.0665. The first-order valence-corrected chi connectivity index (χ1v) is 9.15. The summed E-state index contributed by atoms with van der Waals surface area (Å²) in [6, 6.07) is 2.48. The standard InChI is InChI=1S/C20H23NO8/c1-20(2,3)29-19(24)21-9-16(28-18(23)14-5-7-26-11-14)8-15(21)12-27-17(22)13-4-6-25-10-13/h4-7,10-11,15-16H,8-9,12H2,1-3H3/t15-,16+/m0/s1. The Kier molecular flexibility index (Phi) is 5.95. The number of rotatable bonds is 5. The quantitative estimate of drug-likeness (QED) is 0.551. The third kappa shape index (κ3) is 5.40. The van der Waals surface area contributed by atoms with Crippen molar-refractivity contribution in [2.45, 2.75) is 44.9 Å². The highest BCUT2D eigenvalue weighted by molar-refractivity contribution is 5.89. The highest BCUT2D eigenvalue weighted by atomic mass is 16.6. The van der Waals surface area contributed by atoms with Crippen molar-refractivity contribution in [2.24, 2.45) is 0 Å². The van der Waals surface area contributed by atoms with Crippen molar-refractivity contribution in [3.05, 3.63) is 48.3 Å². The molecule has 3 heterocycles. The van der Waals surface area contributed by atoms with Crippen molar-refractivity contribution in [1.82, 2.24) is 4.90 Å². The Morgan fingerprint density at radius 3 is 2.24 bits per heavy atom. The summed E-state index contributed by atoms with van der Waals surface area (Å²) >= 11 is 0. The van der Waals surface area contributed by atoms with Gasteiger partial charge in [-0.1, -0.05) is 0 Å². The zero-order valence-electron chi connectivity index (χ0n) is 16.5. The summed E-state index contributed by atoms with van der Waals surface area (Å²) < 4.78 is 26.0. The minimum atomic E-state index is -0.694. The van der Waals surface area contributed by atoms with Crippen LogP contribution in [0.2, 0.25) is 0 Å². The lowest BCUT2D eigenvalue weighted by atomic mass is 10.2. The minimum Gasteiger partial charge on any atom is -0.472 e. The summed E-state index contributed by atoms with van der Waals surface area (Å²) in [5, 5.41) is 0. The van der Waals surface area contributed by atoms with Gasteiger partial charge in [-0.2, -0.15) is 0 Å². The predicted molar refractivity (Wildman–Crippen MR) is 98.2 cm³/mol. The Morgan fingerprint density at radius 1 is 1.07 bits per heavy atom. The van der Waals surface area contributed by atoms with Crippen LogP contribution >= 0.6 is 0 Å². The van der Waals surface area contributed by atoms with E-state index in [0.29, 0.717) is 6.42 Å². The third-order valence-electron chi connectivity index (χ3n) is 4.20. The molecule has 9 nitrogen and oxygen atoms in total. The van der Waals surface area contributed by atoms with Gasteiger partial charge in [0.05, 0.1) is 36.2 Å². The van der Waals surface area contributed by atoms with E-state index in [2.05, 4.69) is 0 Å². The van der Waals surface area contributed by atoms with Gasteiger partial charge in [-0.05, 0) is 32.9 Å². The molecule has 1 fully saturated rings. The topological polar surface area (TPSA) is 108 Å². The first-order chi connectivity index (χ1) is 13.7. The molecule has 0 N–H and O–H groups in total. The van der Waals surface area contributed by atoms with Gasteiger partial charge >= 0.3 is 18.0 Å². The molecule has 2 atom stereocenters. The molecule has 1 aliphatic rings. The molecule has 1 saturated heterocycles. The average Bonchev–Trinajstić information content (AvgIpc) is 3.38. The van der Waals surface area contributed by atoms with Crippen LogP contribution in [0.15, 0.2) is 46.0 Å². The van der Waals surface area contributed by atoms with Crippen LogP contribution in [0.25, 0.3) is 0 Å². The van der Waals surface area contributed by atoms with Crippen molar-refractivity contribution in [3.8, 4) is 0 Å². The zero-order valence-corrected chi connectivity index (χ0v) is 16.5. The van der Waals surface area contributed by atoms with E-state index < -0.39 is 35.8 Å². The molecule has 0 radical (unpaired) electrons. The third-order valence-corrected chi connectivity index (χ3v) is 4.20. The van der Waals surface area contributed by atoms with Gasteiger partial charge in [0.1, 0.15) is 30.8 Å². The van der Waals surface area contributed by atoms with Gasteiger partial charge in [0, 0.05) is 6.42 Å². The number of ether oxygens (including phenoxy) is 3. The van der Waals surface area contributed by atoms with Crippen LogP contribution in [0, 0.1) is 0 Å². The van der Waals surface area contributed by atoms with E-state index in [1.54, 1.807) is 20.8 Å². The molecular formula is C20H23NO8. The second kappa shape index (κ2) is 8.42. The van der Waals surface area contributed by atoms with Crippen molar-refractivity contribution in [3.63, 3.8) is 0 Å². The van der Waals surface area contributed by atoms with E-state index in [0.717, 1.165) is 0 Å². The Morgan fingerprint density at radius 2 is 1.69 bits per heavy atom. The van der Waals surface area contributed by atoms with E-state index in [1.165, 1.54) is 42.1 Å². The smallest absolute Gasteiger partial charge is 0.410 e. The average molecular weight is 405 g/mol. The van der Waals surface area contributed by atoms with Gasteiger partial charge < -0.3 is 23.0 Å². The molecule has 1 amide bonds. The molecule has 0 saturated carbocycles. The van der Waals surface area contributed by atoms with E-state index >= 15 is 0 Å². The number of amides is 1. The van der Waals surface area contributed by atoms with Gasteiger partial charge in [0.2, 0.25) is 0 Å². The van der Waals surface area contributed by atoms with Crippen LogP contribution in [0.5, 0.6) is 0 Å². The fourth-order valence-corrected chi connectivity index (χ4v) is 2.90. The molecule has 1 aliphatic heterocycles. The molecule has 9 heteroatoms. The number of hydrogen-bond acceptors (Lipinski definition) is 8. The normalized spacial score (nSPS) is 19.1. The molecule has 0 aliphatic carbocycles. The Labute approximate surface area is 167 Å². The fraction of sp³-hybridized carbons (Fsp3) is 0.450. The molecule has 29 heavy (non-hydrogen) atoms. The first kappa shape index (κ1) is 20.5. The van der Waals surface area contributed by atoms with Crippen molar-refractivity contribution in [1.29, 1.82) is 0 Å². The fourth-order valence-electron chi connectivity index (χ4n) is 2.90. The summed E-state index contributed by atoms with van der Waals surface area (Å²) in [7, 11) is 0. The number of nitrogens with zero attached hydrogens (tertiary/aromatic N) is 1. The van der Waals surface area contributed by atoms with Crippen LogP contribution in [0.4, 0.5) is 4.79 Å². The first-order valence-electron chi connectivity index (χ1n) is 9.15. The van der Waals surface area contributed by atoms with Crippen LogP contribution in [-0.2, 0) is 14.2 Å². The van der Waals surface area contributed by atoms with E-state index in [1.807, 2.05) is 0 Å². The van der Waals surface area contributed by atoms with Crippen LogP contribution in [0.1, 0.15) is 47.9 Å². The molecule has 156 valence electrons. The van der Waals surface area contributed by atoms with Crippen LogP contribution < -0.4 is 0 Å². The SMILES string of the molecule is CC(C)(C)OC(=O)N1C[C@H](OC(=O)c2ccoc2)C[C@H]1COC(=O)c1ccoc1. The lowest BCUT2D eigenvalue weighted by Gasteiger charge is -2.28. The summed E-state index contributed by atoms with van der Waals surface area (Å²) in [6.45, 7) is 5.33. The Balaban J connectivity index is 1.65. The van der Waals surface area contributed by atoms with Gasteiger partial charge in [-0.3, -0.25) is 4.90 Å². The van der Waals surface area contributed by atoms with E-state index in [4.69, 9.17) is 23.0 Å². The summed E-state index contributed by atoms with van der Waals surface area (Å²) in [6.07, 6.45) is 4.47. The molecule has 2 aromatic heterocycles. The summed E-state index contributed by atoms with van der Waals surface area (Å²) in [4.78, 5) is 38.3. The van der Waals surface area contributed by atoms with Gasteiger partial charge in [-0.15, -0.1) is 0 Å². The second-order valence-corrected chi connectivity index (χ2v) is 7.67. The maximum Gasteiger partial charge on any atom is 0.410 e. The molecule has 0 unspecified atom stereocenters. The molecule has 0 aromatic carbocycles. The highest BCUT2D eigenvalue weighted by Crippen LogP contribution is 2.25. The number of furan rings is 2. The lowest BCUT2D eigenvalue weighted by Crippen LogP contribution is -2.42. The molecule has 3 rings (SSSR count). The zero-order chi connectivity index (χ0) is 21.0. The molecule has 0 bridgehead atoms. The Hall–Kier alpha value is -3.23. The molecule has 0 spiro atoms. The monoisotopic (exact) mass is 405 g/mol. The predicted octanol–water partition coefficient (Wildman–Crippen LogP) is 3.26. The van der Waals surface area contributed by atoms with E-state index in [9.17, 15) is 14.4 Å². The molecule has 2 aromatic rings. The van der Waals surface area contributed by atoms with Crippen molar-refractivity contribution >= 4 is 18.0 Å². The summed E-state index contributed by atoms with van der Waals surface area (Å²) in [5.41, 5.74) is -0.140. The van der Waals surface area contributed by atoms with Gasteiger partial charge in [-0.25, -0.2) is 14.4 Å². The lowest BCUT2D eigenvalue weighted by molar-refractivity contribution is 0.00850. The number of hydrogen-bond donors (Lipinski definition) is 0. The number of esters is 2. The number of carbonyl (C=O) groups excluding carboxylic acids is 3. The second-order valence-electron chi connectivity index (χ2n) is 7.67. The Bertz CT molecular complexity index is 834. The van der Waals surface area contributed by atoms with Gasteiger partial charge in [0.25, 0.3) is 0 Å². The van der Waals surface area contributed by atoms with Crippen LogP contribution in [0.3, 0.4) is 0 Å². The van der Waals surface area contributed by atoms with Gasteiger partial charge in [0.15, 0.2) is 0 Å². The maximum absolute atomic E-state index is 12.6. The van der Waals surface area contributed by atoms with Crippen LogP contribution in [-0.4, -0.2) is 53.8 Å². The van der Waals surface area contributed by atoms with Crippen molar-refractivity contribution in [2.75, 3.05) is 13.2 Å². The highest BCUT2D eigenvalue weighted by Gasteiger charge is 2.40. The largest absolute Gasteiger partial charge is 0.472 e. The number of likely N-dealkylation sites (tertiary alicyclic amines) is 1.